The number of aryl methyl sites for hydroxylation is 1. The Balaban J connectivity index is 2.94. The van der Waals surface area contributed by atoms with Crippen LogP contribution in [0.2, 0.25) is 0 Å². The van der Waals surface area contributed by atoms with Gasteiger partial charge in [0.1, 0.15) is 0 Å². The fourth-order valence-electron chi connectivity index (χ4n) is 0.449. The average molecular weight is 205 g/mol. The average Bonchev–Trinajstić information content (AvgIpc) is 2.18. The molecule has 0 aliphatic rings. The first-order chi connectivity index (χ1) is 4.34. The van der Waals surface area contributed by atoms with E-state index in [0.29, 0.717) is 0 Å². The van der Waals surface area contributed by atoms with E-state index in [-0.39, 0.29) is 0 Å². The molecule has 0 radical (unpaired) electrons. The highest BCUT2D eigenvalue weighted by Gasteiger charge is 1.95. The fourth-order valence-corrected chi connectivity index (χ4v) is 1.44. The summed E-state index contributed by atoms with van der Waals surface area (Å²) in [5.74, 6) is 0. The second-order valence-electron chi connectivity index (χ2n) is 1.52. The lowest BCUT2D eigenvalue weighted by Crippen LogP contribution is -1.71. The van der Waals surface area contributed by atoms with Crippen LogP contribution in [0, 0.1) is 6.92 Å². The molecular formula is C5H5BrN2S. The second kappa shape index (κ2) is 3.08. The molecule has 0 fully saturated rings. The summed E-state index contributed by atoms with van der Waals surface area (Å²) < 4.78 is 3.76. The third-order valence-electron chi connectivity index (χ3n) is 0.901. The first-order valence-corrected chi connectivity index (χ1v) is 4.09. The van der Waals surface area contributed by atoms with Crippen LogP contribution in [0.15, 0.2) is 4.99 Å². The molecule has 0 aromatic carbocycles. The molecule has 1 aromatic heterocycles. The number of hydrogen-bond acceptors (Lipinski definition) is 3. The van der Waals surface area contributed by atoms with Crippen molar-refractivity contribution in [3.05, 3.63) is 15.6 Å². The molecule has 1 heterocycles. The van der Waals surface area contributed by atoms with Gasteiger partial charge in [-0.25, -0.2) is 0 Å². The fraction of sp³-hybridized carbons (Fsp3) is 0.200. The molecular weight excluding hydrogens is 200 g/mol. The Labute approximate surface area is 65.9 Å². The second-order valence-corrected chi connectivity index (χ2v) is 2.83. The number of aromatic nitrogens is 2. The largest absolute Gasteiger partial charge is 0.143 e. The van der Waals surface area contributed by atoms with Crippen LogP contribution in [-0.2, 0) is 0 Å². The summed E-state index contributed by atoms with van der Waals surface area (Å²) in [6.45, 7) is 1.94. The molecule has 9 heavy (non-hydrogen) atoms. The lowest BCUT2D eigenvalue weighted by molar-refractivity contribution is 1.09. The van der Waals surface area contributed by atoms with Crippen molar-refractivity contribution < 1.29 is 0 Å². The van der Waals surface area contributed by atoms with E-state index < -0.39 is 0 Å². The zero-order chi connectivity index (χ0) is 6.69. The quantitative estimate of drug-likeness (QED) is 0.702. The molecule has 0 unspecified atom stereocenters. The standard InChI is InChI=1S/C5H5BrN2S/c1-4-5(2-3-6)9-8-7-4/h2-3H,1H3/b3-2+. The number of rotatable bonds is 1. The van der Waals surface area contributed by atoms with Gasteiger partial charge in [-0.05, 0) is 29.5 Å². The van der Waals surface area contributed by atoms with Gasteiger partial charge in [-0.3, -0.25) is 0 Å². The molecule has 0 aliphatic carbocycles. The lowest BCUT2D eigenvalue weighted by atomic mass is 10.4. The molecule has 0 saturated heterocycles. The van der Waals surface area contributed by atoms with E-state index in [1.54, 1.807) is 4.99 Å². The summed E-state index contributed by atoms with van der Waals surface area (Å²) in [5, 5.41) is 3.83. The summed E-state index contributed by atoms with van der Waals surface area (Å²) in [4.78, 5) is 2.90. The van der Waals surface area contributed by atoms with Gasteiger partial charge in [0.25, 0.3) is 0 Å². The van der Waals surface area contributed by atoms with Gasteiger partial charge in [0.2, 0.25) is 0 Å². The van der Waals surface area contributed by atoms with Crippen LogP contribution in [0.25, 0.3) is 6.08 Å². The van der Waals surface area contributed by atoms with Crippen LogP contribution in [0.3, 0.4) is 0 Å². The maximum absolute atomic E-state index is 3.83. The zero-order valence-corrected chi connectivity index (χ0v) is 7.24. The van der Waals surface area contributed by atoms with Crippen LogP contribution >= 0.6 is 27.5 Å². The maximum Gasteiger partial charge on any atom is 0.0797 e. The van der Waals surface area contributed by atoms with Gasteiger partial charge in [-0.1, -0.05) is 20.4 Å². The highest BCUT2D eigenvalue weighted by atomic mass is 79.9. The summed E-state index contributed by atoms with van der Waals surface area (Å²) in [6.07, 6.45) is 1.93. The van der Waals surface area contributed by atoms with Crippen molar-refractivity contribution in [2.24, 2.45) is 0 Å². The minimum absolute atomic E-state index is 0.982. The monoisotopic (exact) mass is 204 g/mol. The summed E-state index contributed by atoms with van der Waals surface area (Å²) in [5.41, 5.74) is 0.982. The van der Waals surface area contributed by atoms with Crippen LogP contribution in [-0.4, -0.2) is 9.59 Å². The van der Waals surface area contributed by atoms with E-state index in [2.05, 4.69) is 25.5 Å². The Morgan fingerprint density at radius 2 is 2.44 bits per heavy atom. The Morgan fingerprint density at radius 3 is 2.89 bits per heavy atom. The summed E-state index contributed by atoms with van der Waals surface area (Å²) in [6, 6.07) is 0. The van der Waals surface area contributed by atoms with E-state index in [9.17, 15) is 0 Å². The van der Waals surface area contributed by atoms with Gasteiger partial charge in [0.15, 0.2) is 0 Å². The molecule has 0 amide bonds. The molecule has 0 spiro atoms. The topological polar surface area (TPSA) is 25.8 Å². The van der Waals surface area contributed by atoms with Gasteiger partial charge in [-0.15, -0.1) is 5.10 Å². The number of halogens is 1. The third-order valence-corrected chi connectivity index (χ3v) is 1.96. The van der Waals surface area contributed by atoms with E-state index in [0.717, 1.165) is 10.6 Å². The predicted octanol–water partition coefficient (Wildman–Crippen LogP) is 2.21. The molecule has 0 aliphatic heterocycles. The van der Waals surface area contributed by atoms with Gasteiger partial charge in [0.05, 0.1) is 10.6 Å². The first-order valence-electron chi connectivity index (χ1n) is 2.40. The Bertz CT molecular complexity index is 218. The van der Waals surface area contributed by atoms with Crippen molar-refractivity contribution in [1.82, 2.24) is 9.59 Å². The van der Waals surface area contributed by atoms with E-state index in [1.165, 1.54) is 11.5 Å². The maximum atomic E-state index is 3.83. The zero-order valence-electron chi connectivity index (χ0n) is 4.84. The number of nitrogens with zero attached hydrogens (tertiary/aromatic N) is 2. The number of hydrogen-bond donors (Lipinski definition) is 0. The predicted molar refractivity (Wildman–Crippen MR) is 42.6 cm³/mol. The van der Waals surface area contributed by atoms with Crippen molar-refractivity contribution in [3.63, 3.8) is 0 Å². The molecule has 48 valence electrons. The Hall–Kier alpha value is -0.220. The molecule has 0 atom stereocenters. The van der Waals surface area contributed by atoms with Gasteiger partial charge < -0.3 is 0 Å². The van der Waals surface area contributed by atoms with Gasteiger partial charge in [0, 0.05) is 0 Å². The Kier molecular flexibility index (Phi) is 2.36. The molecule has 0 N–H and O–H groups in total. The molecule has 1 aromatic rings. The smallest absolute Gasteiger partial charge is 0.0797 e. The van der Waals surface area contributed by atoms with Crippen molar-refractivity contribution in [3.8, 4) is 0 Å². The van der Waals surface area contributed by atoms with Crippen LogP contribution in [0.1, 0.15) is 10.6 Å². The van der Waals surface area contributed by atoms with Gasteiger partial charge >= 0.3 is 0 Å². The molecule has 0 bridgehead atoms. The van der Waals surface area contributed by atoms with Crippen LogP contribution in [0.5, 0.6) is 0 Å². The SMILES string of the molecule is Cc1nnsc1/C=C/Br. The molecule has 2 nitrogen and oxygen atoms in total. The first kappa shape index (κ1) is 6.89. The van der Waals surface area contributed by atoms with E-state index >= 15 is 0 Å². The summed E-state index contributed by atoms with van der Waals surface area (Å²) >= 11 is 4.57. The van der Waals surface area contributed by atoms with Crippen molar-refractivity contribution >= 4 is 33.5 Å². The molecule has 0 saturated carbocycles. The summed E-state index contributed by atoms with van der Waals surface area (Å²) in [7, 11) is 0. The minimum Gasteiger partial charge on any atom is -0.143 e. The molecule has 4 heteroatoms. The van der Waals surface area contributed by atoms with E-state index in [1.807, 2.05) is 13.0 Å². The normalized spacial score (nSPS) is 10.9. The van der Waals surface area contributed by atoms with Crippen molar-refractivity contribution in [2.75, 3.05) is 0 Å². The van der Waals surface area contributed by atoms with Crippen LogP contribution < -0.4 is 0 Å². The molecule has 1 rings (SSSR count). The third kappa shape index (κ3) is 1.59. The van der Waals surface area contributed by atoms with Gasteiger partial charge in [-0.2, -0.15) is 0 Å². The lowest BCUT2D eigenvalue weighted by Gasteiger charge is -1.79. The van der Waals surface area contributed by atoms with Crippen LogP contribution in [0.4, 0.5) is 0 Å². The highest BCUT2D eigenvalue weighted by Crippen LogP contribution is 2.11. The van der Waals surface area contributed by atoms with Crippen molar-refractivity contribution in [2.45, 2.75) is 6.92 Å². The Morgan fingerprint density at radius 1 is 1.67 bits per heavy atom. The minimum atomic E-state index is 0.982. The van der Waals surface area contributed by atoms with E-state index in [4.69, 9.17) is 0 Å². The highest BCUT2D eigenvalue weighted by molar-refractivity contribution is 9.11. The van der Waals surface area contributed by atoms with Crippen molar-refractivity contribution in [1.29, 1.82) is 0 Å².